The number of rotatable bonds is 7. The molecule has 0 bridgehead atoms. The van der Waals surface area contributed by atoms with Crippen molar-refractivity contribution < 1.29 is 9.32 Å². The lowest BCUT2D eigenvalue weighted by atomic mass is 10.1. The Balaban J connectivity index is 1.75. The summed E-state index contributed by atoms with van der Waals surface area (Å²) in [5.41, 5.74) is 5.04. The zero-order chi connectivity index (χ0) is 19.6. The third kappa shape index (κ3) is 4.17. The van der Waals surface area contributed by atoms with E-state index in [4.69, 9.17) is 4.52 Å². The van der Waals surface area contributed by atoms with Crippen LogP contribution in [0.2, 0.25) is 0 Å². The maximum absolute atomic E-state index is 12.9. The van der Waals surface area contributed by atoms with Gasteiger partial charge in [-0.05, 0) is 46.0 Å². The number of carbonyl (C=O) groups is 1. The SMILES string of the molecule is CCc1noc(CN(C)CC(=O)c2cc(C)n(-c3ccc(C)cc3)c2C)n1. The summed E-state index contributed by atoms with van der Waals surface area (Å²) in [6.07, 6.45) is 0.733. The molecule has 0 atom stereocenters. The van der Waals surface area contributed by atoms with E-state index in [1.807, 2.05) is 38.8 Å². The summed E-state index contributed by atoms with van der Waals surface area (Å²) in [4.78, 5) is 19.0. The predicted molar refractivity (Wildman–Crippen MR) is 104 cm³/mol. The minimum atomic E-state index is 0.0826. The minimum Gasteiger partial charge on any atom is -0.338 e. The van der Waals surface area contributed by atoms with Crippen molar-refractivity contribution in [3.63, 3.8) is 0 Å². The lowest BCUT2D eigenvalue weighted by Gasteiger charge is -2.13. The van der Waals surface area contributed by atoms with Gasteiger partial charge in [-0.1, -0.05) is 29.8 Å². The van der Waals surface area contributed by atoms with Gasteiger partial charge in [0.05, 0.1) is 13.1 Å². The summed E-state index contributed by atoms with van der Waals surface area (Å²) in [6.45, 7) is 8.81. The van der Waals surface area contributed by atoms with Crippen molar-refractivity contribution in [2.45, 2.75) is 40.7 Å². The van der Waals surface area contributed by atoms with E-state index in [1.54, 1.807) is 0 Å². The number of aromatic nitrogens is 3. The van der Waals surface area contributed by atoms with Gasteiger partial charge in [-0.25, -0.2) is 0 Å². The van der Waals surface area contributed by atoms with Gasteiger partial charge in [-0.15, -0.1) is 0 Å². The molecule has 142 valence electrons. The largest absolute Gasteiger partial charge is 0.338 e. The normalized spacial score (nSPS) is 11.3. The molecular formula is C21H26N4O2. The fourth-order valence-corrected chi connectivity index (χ4v) is 3.25. The Morgan fingerprint density at radius 2 is 1.89 bits per heavy atom. The molecule has 0 aliphatic heterocycles. The van der Waals surface area contributed by atoms with Gasteiger partial charge in [0, 0.05) is 29.1 Å². The molecule has 0 aliphatic rings. The van der Waals surface area contributed by atoms with E-state index in [1.165, 1.54) is 5.56 Å². The Hall–Kier alpha value is -2.73. The first-order valence-electron chi connectivity index (χ1n) is 9.18. The summed E-state index contributed by atoms with van der Waals surface area (Å²) in [6, 6.07) is 10.3. The van der Waals surface area contributed by atoms with Crippen LogP contribution < -0.4 is 0 Å². The summed E-state index contributed by atoms with van der Waals surface area (Å²) >= 11 is 0. The van der Waals surface area contributed by atoms with Crippen molar-refractivity contribution in [3.8, 4) is 5.69 Å². The fraction of sp³-hybridized carbons (Fsp3) is 0.381. The van der Waals surface area contributed by atoms with Crippen LogP contribution in [0.1, 0.15) is 45.9 Å². The highest BCUT2D eigenvalue weighted by Gasteiger charge is 2.19. The van der Waals surface area contributed by atoms with Crippen LogP contribution in [0.3, 0.4) is 0 Å². The lowest BCUT2D eigenvalue weighted by molar-refractivity contribution is 0.0936. The first-order valence-corrected chi connectivity index (χ1v) is 9.18. The van der Waals surface area contributed by atoms with Crippen molar-refractivity contribution in [2.24, 2.45) is 0 Å². The topological polar surface area (TPSA) is 64.2 Å². The summed E-state index contributed by atoms with van der Waals surface area (Å²) in [5.74, 6) is 1.30. The fourth-order valence-electron chi connectivity index (χ4n) is 3.25. The van der Waals surface area contributed by atoms with E-state index < -0.39 is 0 Å². The molecule has 6 nitrogen and oxygen atoms in total. The Labute approximate surface area is 159 Å². The molecule has 0 fully saturated rings. The van der Waals surface area contributed by atoms with Gasteiger partial charge in [-0.3, -0.25) is 9.69 Å². The van der Waals surface area contributed by atoms with Gasteiger partial charge >= 0.3 is 0 Å². The third-order valence-electron chi connectivity index (χ3n) is 4.67. The van der Waals surface area contributed by atoms with E-state index in [-0.39, 0.29) is 5.78 Å². The first-order chi connectivity index (χ1) is 12.9. The van der Waals surface area contributed by atoms with Gasteiger partial charge in [0.1, 0.15) is 0 Å². The van der Waals surface area contributed by atoms with Crippen LogP contribution in [0.25, 0.3) is 5.69 Å². The zero-order valence-electron chi connectivity index (χ0n) is 16.6. The molecule has 2 heterocycles. The van der Waals surface area contributed by atoms with Gasteiger partial charge in [-0.2, -0.15) is 4.98 Å². The first kappa shape index (κ1) is 19.0. The maximum Gasteiger partial charge on any atom is 0.240 e. The smallest absolute Gasteiger partial charge is 0.240 e. The Morgan fingerprint density at radius 3 is 2.52 bits per heavy atom. The molecule has 0 unspecified atom stereocenters. The number of ketones is 1. The molecule has 3 rings (SSSR count). The molecule has 0 aliphatic carbocycles. The number of Topliss-reactive ketones (excluding diaryl/α,β-unsaturated/α-hetero) is 1. The molecule has 0 saturated carbocycles. The highest BCUT2D eigenvalue weighted by atomic mass is 16.5. The van der Waals surface area contributed by atoms with Crippen LogP contribution in [0.15, 0.2) is 34.9 Å². The van der Waals surface area contributed by atoms with Crippen molar-refractivity contribution >= 4 is 5.78 Å². The molecule has 1 aromatic carbocycles. The number of benzene rings is 1. The molecule has 2 aromatic heterocycles. The van der Waals surface area contributed by atoms with E-state index in [0.717, 1.165) is 29.1 Å². The van der Waals surface area contributed by atoms with Crippen LogP contribution in [0.5, 0.6) is 0 Å². The summed E-state index contributed by atoms with van der Waals surface area (Å²) in [5, 5.41) is 3.89. The highest BCUT2D eigenvalue weighted by Crippen LogP contribution is 2.22. The number of hydrogen-bond donors (Lipinski definition) is 0. The number of aryl methyl sites for hydroxylation is 3. The number of hydrogen-bond acceptors (Lipinski definition) is 5. The summed E-state index contributed by atoms with van der Waals surface area (Å²) in [7, 11) is 1.88. The quantitative estimate of drug-likeness (QED) is 0.597. The van der Waals surface area contributed by atoms with Gasteiger partial charge in [0.25, 0.3) is 0 Å². The van der Waals surface area contributed by atoms with E-state index in [2.05, 4.69) is 45.9 Å². The molecule has 0 amide bonds. The lowest BCUT2D eigenvalue weighted by Crippen LogP contribution is -2.26. The van der Waals surface area contributed by atoms with Gasteiger partial charge in [0.15, 0.2) is 11.6 Å². The van der Waals surface area contributed by atoms with Gasteiger partial charge < -0.3 is 9.09 Å². The number of likely N-dealkylation sites (N-methyl/N-ethyl adjacent to an activating group) is 1. The van der Waals surface area contributed by atoms with E-state index >= 15 is 0 Å². The van der Waals surface area contributed by atoms with Crippen LogP contribution in [0.4, 0.5) is 0 Å². The van der Waals surface area contributed by atoms with Crippen molar-refractivity contribution in [1.29, 1.82) is 0 Å². The second-order valence-electron chi connectivity index (χ2n) is 7.01. The Bertz CT molecular complexity index is 938. The molecular weight excluding hydrogens is 340 g/mol. The van der Waals surface area contributed by atoms with Crippen LogP contribution >= 0.6 is 0 Å². The van der Waals surface area contributed by atoms with Crippen LogP contribution in [-0.2, 0) is 13.0 Å². The maximum atomic E-state index is 12.9. The standard InChI is InChI=1S/C21H26N4O2/c1-6-20-22-21(27-23-20)13-24(5)12-19(26)18-11-15(3)25(16(18)4)17-9-7-14(2)8-10-17/h7-11H,6,12-13H2,1-5H3. The van der Waals surface area contributed by atoms with Crippen molar-refractivity contribution in [2.75, 3.05) is 13.6 Å². The minimum absolute atomic E-state index is 0.0826. The average molecular weight is 366 g/mol. The van der Waals surface area contributed by atoms with Crippen molar-refractivity contribution in [1.82, 2.24) is 19.6 Å². The number of carbonyl (C=O) groups excluding carboxylic acids is 1. The predicted octanol–water partition coefficient (Wildman–Crippen LogP) is 3.66. The van der Waals surface area contributed by atoms with Crippen molar-refractivity contribution in [3.05, 3.63) is 64.6 Å². The molecule has 0 N–H and O–H groups in total. The molecule has 3 aromatic rings. The van der Waals surface area contributed by atoms with Crippen LogP contribution in [-0.4, -0.2) is 39.0 Å². The second kappa shape index (κ2) is 7.88. The molecule has 0 saturated heterocycles. The molecule has 6 heteroatoms. The number of nitrogens with zero attached hydrogens (tertiary/aromatic N) is 4. The Morgan fingerprint density at radius 1 is 1.19 bits per heavy atom. The highest BCUT2D eigenvalue weighted by molar-refractivity contribution is 5.99. The average Bonchev–Trinajstić information content (AvgIpc) is 3.20. The Kier molecular flexibility index (Phi) is 5.56. The second-order valence-corrected chi connectivity index (χ2v) is 7.01. The molecule has 0 spiro atoms. The van der Waals surface area contributed by atoms with E-state index in [9.17, 15) is 4.79 Å². The monoisotopic (exact) mass is 366 g/mol. The summed E-state index contributed by atoms with van der Waals surface area (Å²) < 4.78 is 7.33. The molecule has 27 heavy (non-hydrogen) atoms. The third-order valence-corrected chi connectivity index (χ3v) is 4.67. The van der Waals surface area contributed by atoms with Gasteiger partial charge in [0.2, 0.25) is 5.89 Å². The van der Waals surface area contributed by atoms with Crippen LogP contribution in [0, 0.1) is 20.8 Å². The molecule has 0 radical (unpaired) electrons. The zero-order valence-corrected chi connectivity index (χ0v) is 16.6. The van der Waals surface area contributed by atoms with E-state index in [0.29, 0.717) is 24.8 Å².